The van der Waals surface area contributed by atoms with E-state index >= 15 is 0 Å². The molecule has 2 rings (SSSR count). The van der Waals surface area contributed by atoms with Gasteiger partial charge in [0.15, 0.2) is 12.5 Å². The Morgan fingerprint density at radius 3 is 2.83 bits per heavy atom. The fourth-order valence-electron chi connectivity index (χ4n) is 1.20. The van der Waals surface area contributed by atoms with E-state index in [0.29, 0.717) is 13.2 Å². The van der Waals surface area contributed by atoms with E-state index in [2.05, 4.69) is 0 Å². The Labute approximate surface area is 70.5 Å². The average Bonchev–Trinajstić information content (AvgIpc) is 2.56. The smallest absolute Gasteiger partial charge is 0.207 e. The average molecular weight is 167 g/mol. The molecule has 4 heteroatoms. The third kappa shape index (κ3) is 1.39. The summed E-state index contributed by atoms with van der Waals surface area (Å²) in [5, 5.41) is 0. The summed E-state index contributed by atoms with van der Waals surface area (Å²) in [4.78, 5) is 0. The Bertz CT molecular complexity index is 272. The lowest BCUT2D eigenvalue weighted by Gasteiger charge is -2.05. The minimum Gasteiger partial charge on any atom is -0.346 e. The van der Waals surface area contributed by atoms with Gasteiger partial charge >= 0.3 is 0 Å². The zero-order valence-electron chi connectivity index (χ0n) is 6.64. The van der Waals surface area contributed by atoms with Crippen molar-refractivity contribution in [3.8, 4) is 0 Å². The molecule has 0 aliphatic carbocycles. The van der Waals surface area contributed by atoms with Gasteiger partial charge in [-0.05, 0) is 6.07 Å². The van der Waals surface area contributed by atoms with Crippen molar-refractivity contribution in [1.29, 1.82) is 0 Å². The van der Waals surface area contributed by atoms with Gasteiger partial charge in [-0.1, -0.05) is 4.68 Å². The fourth-order valence-corrected chi connectivity index (χ4v) is 1.20. The summed E-state index contributed by atoms with van der Waals surface area (Å²) in [5.74, 6) is 5.53. The lowest BCUT2D eigenvalue weighted by atomic mass is 10.3. The van der Waals surface area contributed by atoms with Gasteiger partial charge in [-0.3, -0.25) is 0 Å². The zero-order valence-corrected chi connectivity index (χ0v) is 6.64. The van der Waals surface area contributed by atoms with Gasteiger partial charge in [-0.2, -0.15) is 0 Å². The molecule has 0 atom stereocenters. The summed E-state index contributed by atoms with van der Waals surface area (Å²) in [6.45, 7) is 1.31. The number of rotatable bonds is 1. The SMILES string of the molecule is N[n+]1cccc(C2OCCO2)c1. The Hall–Kier alpha value is -1.13. The minimum absolute atomic E-state index is 0.235. The highest BCUT2D eigenvalue weighted by Gasteiger charge is 2.20. The van der Waals surface area contributed by atoms with Crippen molar-refractivity contribution in [3.63, 3.8) is 0 Å². The molecule has 12 heavy (non-hydrogen) atoms. The Balaban J connectivity index is 2.21. The molecule has 0 amide bonds. The number of aromatic nitrogens is 1. The normalized spacial score (nSPS) is 18.3. The molecule has 2 N–H and O–H groups in total. The molecule has 0 aromatic carbocycles. The van der Waals surface area contributed by atoms with Crippen molar-refractivity contribution in [3.05, 3.63) is 30.1 Å². The first-order valence-corrected chi connectivity index (χ1v) is 3.86. The van der Waals surface area contributed by atoms with Gasteiger partial charge in [0.05, 0.1) is 18.8 Å². The van der Waals surface area contributed by atoms with Crippen molar-refractivity contribution < 1.29 is 14.1 Å². The van der Waals surface area contributed by atoms with Crippen LogP contribution in [0.2, 0.25) is 0 Å². The van der Waals surface area contributed by atoms with Crippen LogP contribution < -0.4 is 10.5 Å². The summed E-state index contributed by atoms with van der Waals surface area (Å²) in [5.41, 5.74) is 0.956. The van der Waals surface area contributed by atoms with Gasteiger partial charge in [0.25, 0.3) is 0 Å². The van der Waals surface area contributed by atoms with Crippen molar-refractivity contribution in [1.82, 2.24) is 0 Å². The number of nitrogens with two attached hydrogens (primary N) is 1. The molecule has 64 valence electrons. The zero-order chi connectivity index (χ0) is 8.39. The molecule has 0 spiro atoms. The molecule has 1 aliphatic heterocycles. The fraction of sp³-hybridized carbons (Fsp3) is 0.375. The molecule has 0 radical (unpaired) electrons. The van der Waals surface area contributed by atoms with Gasteiger partial charge < -0.3 is 9.47 Å². The third-order valence-electron chi connectivity index (χ3n) is 1.74. The van der Waals surface area contributed by atoms with E-state index in [4.69, 9.17) is 15.3 Å². The van der Waals surface area contributed by atoms with E-state index in [1.807, 2.05) is 12.1 Å². The molecular formula is C8H11N2O2+. The van der Waals surface area contributed by atoms with Crippen LogP contribution in [0.1, 0.15) is 11.9 Å². The van der Waals surface area contributed by atoms with E-state index in [1.54, 1.807) is 12.4 Å². The second-order valence-electron chi connectivity index (χ2n) is 2.66. The summed E-state index contributed by atoms with van der Waals surface area (Å²) >= 11 is 0. The maximum absolute atomic E-state index is 5.53. The van der Waals surface area contributed by atoms with Crippen LogP contribution in [0.3, 0.4) is 0 Å². The maximum Gasteiger partial charge on any atom is 0.207 e. The van der Waals surface area contributed by atoms with Crippen LogP contribution in [0.25, 0.3) is 0 Å². The van der Waals surface area contributed by atoms with E-state index in [-0.39, 0.29) is 6.29 Å². The van der Waals surface area contributed by atoms with Gasteiger partial charge in [0, 0.05) is 6.07 Å². The summed E-state index contributed by atoms with van der Waals surface area (Å²) < 4.78 is 12.1. The Kier molecular flexibility index (Phi) is 1.93. The highest BCUT2D eigenvalue weighted by molar-refractivity contribution is 5.07. The molecule has 1 aromatic rings. The molecular weight excluding hydrogens is 156 g/mol. The first-order chi connectivity index (χ1) is 5.86. The van der Waals surface area contributed by atoms with Crippen LogP contribution in [-0.4, -0.2) is 13.2 Å². The maximum atomic E-state index is 5.53. The number of ether oxygens (including phenoxy) is 2. The minimum atomic E-state index is -0.235. The largest absolute Gasteiger partial charge is 0.346 e. The topological polar surface area (TPSA) is 48.4 Å². The van der Waals surface area contributed by atoms with Gasteiger partial charge in [0.1, 0.15) is 0 Å². The van der Waals surface area contributed by atoms with E-state index in [9.17, 15) is 0 Å². The first kappa shape index (κ1) is 7.52. The summed E-state index contributed by atoms with van der Waals surface area (Å²) in [6, 6.07) is 3.79. The molecule has 1 aromatic heterocycles. The second kappa shape index (κ2) is 3.08. The van der Waals surface area contributed by atoms with Crippen LogP contribution in [0.5, 0.6) is 0 Å². The monoisotopic (exact) mass is 167 g/mol. The Morgan fingerprint density at radius 2 is 2.17 bits per heavy atom. The molecule has 0 bridgehead atoms. The number of nitrogens with zero attached hydrogens (tertiary/aromatic N) is 1. The quantitative estimate of drug-likeness (QED) is 0.463. The first-order valence-electron chi connectivity index (χ1n) is 3.86. The summed E-state index contributed by atoms with van der Waals surface area (Å²) in [7, 11) is 0. The van der Waals surface area contributed by atoms with Gasteiger partial charge in [-0.15, -0.1) is 0 Å². The second-order valence-corrected chi connectivity index (χ2v) is 2.66. The standard InChI is InChI=1S/C8H11N2O2/c9-10-3-1-2-7(6-10)8-11-4-5-12-8/h1-3,6,8H,4-5,9H2/q+1. The molecule has 2 heterocycles. The molecule has 1 aliphatic rings. The van der Waals surface area contributed by atoms with Crippen LogP contribution in [-0.2, 0) is 9.47 Å². The highest BCUT2D eigenvalue weighted by atomic mass is 16.7. The van der Waals surface area contributed by atoms with Gasteiger partial charge in [0.2, 0.25) is 6.20 Å². The Morgan fingerprint density at radius 1 is 1.42 bits per heavy atom. The van der Waals surface area contributed by atoms with Crippen LogP contribution >= 0.6 is 0 Å². The lowest BCUT2D eigenvalue weighted by molar-refractivity contribution is -0.639. The van der Waals surface area contributed by atoms with Crippen molar-refractivity contribution >= 4 is 0 Å². The predicted octanol–water partition coefficient (Wildman–Crippen LogP) is -0.267. The number of nitrogen functional groups attached to an aromatic ring is 1. The third-order valence-corrected chi connectivity index (χ3v) is 1.74. The van der Waals surface area contributed by atoms with E-state index in [0.717, 1.165) is 5.56 Å². The highest BCUT2D eigenvalue weighted by Crippen LogP contribution is 2.20. The summed E-state index contributed by atoms with van der Waals surface area (Å²) in [6.07, 6.45) is 3.31. The lowest BCUT2D eigenvalue weighted by Crippen LogP contribution is -2.43. The van der Waals surface area contributed by atoms with Crippen LogP contribution in [0.15, 0.2) is 24.5 Å². The van der Waals surface area contributed by atoms with Crippen molar-refractivity contribution in [2.24, 2.45) is 0 Å². The van der Waals surface area contributed by atoms with E-state index < -0.39 is 0 Å². The van der Waals surface area contributed by atoms with Crippen molar-refractivity contribution in [2.75, 3.05) is 19.1 Å². The number of hydrogen-bond donors (Lipinski definition) is 1. The predicted molar refractivity (Wildman–Crippen MR) is 41.4 cm³/mol. The molecule has 0 saturated carbocycles. The molecule has 4 nitrogen and oxygen atoms in total. The van der Waals surface area contributed by atoms with E-state index in [1.165, 1.54) is 4.68 Å². The molecule has 1 fully saturated rings. The number of pyridine rings is 1. The molecule has 1 saturated heterocycles. The van der Waals surface area contributed by atoms with Crippen LogP contribution in [0.4, 0.5) is 0 Å². The number of hydrogen-bond acceptors (Lipinski definition) is 3. The molecule has 0 unspecified atom stereocenters. The van der Waals surface area contributed by atoms with Gasteiger partial charge in [-0.25, -0.2) is 5.84 Å². The van der Waals surface area contributed by atoms with Crippen molar-refractivity contribution in [2.45, 2.75) is 6.29 Å². The van der Waals surface area contributed by atoms with Crippen LogP contribution in [0, 0.1) is 0 Å².